The van der Waals surface area contributed by atoms with Crippen LogP contribution < -0.4 is 5.32 Å². The van der Waals surface area contributed by atoms with E-state index in [9.17, 15) is 4.79 Å². The number of carbonyl (C=O) groups is 1. The first-order valence-electron chi connectivity index (χ1n) is 7.31. The second kappa shape index (κ2) is 6.70. The second-order valence-electron chi connectivity index (χ2n) is 5.24. The molecule has 3 atom stereocenters. The van der Waals surface area contributed by atoms with Gasteiger partial charge in [0, 0.05) is 22.9 Å². The molecule has 4 nitrogen and oxygen atoms in total. The van der Waals surface area contributed by atoms with E-state index in [0.29, 0.717) is 13.2 Å². The highest BCUT2D eigenvalue weighted by molar-refractivity contribution is 7.12. The Morgan fingerprint density at radius 2 is 2.20 bits per heavy atom. The number of amides is 1. The lowest BCUT2D eigenvalue weighted by Gasteiger charge is -2.26. The minimum Gasteiger partial charge on any atom is -0.377 e. The summed E-state index contributed by atoms with van der Waals surface area (Å²) in [5.41, 5.74) is 0. The predicted octanol–water partition coefficient (Wildman–Crippen LogP) is 2.69. The number of nitrogens with one attached hydrogen (secondary N) is 1. The fourth-order valence-corrected chi connectivity index (χ4v) is 3.57. The van der Waals surface area contributed by atoms with Gasteiger partial charge in [0.1, 0.15) is 6.17 Å². The Kier molecular flexibility index (Phi) is 5.18. The Bertz CT molecular complexity index is 460. The number of aryl methyl sites for hydroxylation is 1. The van der Waals surface area contributed by atoms with Crippen molar-refractivity contribution in [3.63, 3.8) is 0 Å². The molecule has 0 aromatic carbocycles. The molecule has 20 heavy (non-hydrogen) atoms. The minimum absolute atomic E-state index is 0.00550. The van der Waals surface area contributed by atoms with E-state index in [1.807, 2.05) is 25.7 Å². The van der Waals surface area contributed by atoms with Gasteiger partial charge >= 0.3 is 0 Å². The van der Waals surface area contributed by atoms with Gasteiger partial charge in [-0.2, -0.15) is 0 Å². The first kappa shape index (κ1) is 15.5. The molecule has 0 radical (unpaired) electrons. The topological polar surface area (TPSA) is 41.6 Å². The zero-order valence-electron chi connectivity index (χ0n) is 12.7. The molecule has 1 amide bonds. The molecule has 112 valence electrons. The van der Waals surface area contributed by atoms with Gasteiger partial charge in [-0.05, 0) is 39.3 Å². The third kappa shape index (κ3) is 3.22. The quantitative estimate of drug-likeness (QED) is 0.877. The van der Waals surface area contributed by atoms with Crippen molar-refractivity contribution >= 4 is 17.2 Å². The van der Waals surface area contributed by atoms with Gasteiger partial charge in [-0.15, -0.1) is 11.3 Å². The van der Waals surface area contributed by atoms with Gasteiger partial charge in [0.05, 0.1) is 12.1 Å². The zero-order valence-corrected chi connectivity index (χ0v) is 13.5. The Hall–Kier alpha value is -0.910. The van der Waals surface area contributed by atoms with Crippen LogP contribution in [0.3, 0.4) is 0 Å². The van der Waals surface area contributed by atoms with E-state index < -0.39 is 0 Å². The van der Waals surface area contributed by atoms with Crippen molar-refractivity contribution in [2.75, 3.05) is 13.2 Å². The van der Waals surface area contributed by atoms with E-state index in [2.05, 4.69) is 24.4 Å². The lowest BCUT2D eigenvalue weighted by molar-refractivity contribution is -0.131. The fourth-order valence-electron chi connectivity index (χ4n) is 2.62. The summed E-state index contributed by atoms with van der Waals surface area (Å²) in [7, 11) is 0. The molecule has 1 aromatic rings. The van der Waals surface area contributed by atoms with Gasteiger partial charge in [-0.1, -0.05) is 6.92 Å². The number of carbonyl (C=O) groups excluding carboxylic acids is 1. The van der Waals surface area contributed by atoms with Crippen LogP contribution in [0.15, 0.2) is 12.1 Å². The molecule has 2 heterocycles. The molecular weight excluding hydrogens is 272 g/mol. The van der Waals surface area contributed by atoms with Crippen LogP contribution >= 0.6 is 11.3 Å². The van der Waals surface area contributed by atoms with E-state index >= 15 is 0 Å². The molecule has 0 spiro atoms. The highest BCUT2D eigenvalue weighted by atomic mass is 32.1. The molecule has 5 heteroatoms. The van der Waals surface area contributed by atoms with E-state index in [1.54, 1.807) is 11.3 Å². The molecule has 1 aliphatic rings. The highest BCUT2D eigenvalue weighted by Crippen LogP contribution is 2.31. The molecule has 0 bridgehead atoms. The fraction of sp³-hybridized carbons (Fsp3) is 0.667. The van der Waals surface area contributed by atoms with Crippen molar-refractivity contribution in [2.45, 2.75) is 52.4 Å². The predicted molar refractivity (Wildman–Crippen MR) is 81.8 cm³/mol. The van der Waals surface area contributed by atoms with Crippen LogP contribution in [0.25, 0.3) is 0 Å². The van der Waals surface area contributed by atoms with Gasteiger partial charge in [-0.25, -0.2) is 0 Å². The average molecular weight is 296 g/mol. The number of hydrogen-bond acceptors (Lipinski definition) is 4. The van der Waals surface area contributed by atoms with Crippen LogP contribution in [-0.4, -0.2) is 36.1 Å². The maximum Gasteiger partial charge on any atom is 0.241 e. The van der Waals surface area contributed by atoms with Crippen molar-refractivity contribution in [3.05, 3.63) is 21.9 Å². The molecule has 1 saturated heterocycles. The van der Waals surface area contributed by atoms with Gasteiger partial charge in [0.2, 0.25) is 5.91 Å². The molecule has 3 unspecified atom stereocenters. The zero-order chi connectivity index (χ0) is 14.7. The van der Waals surface area contributed by atoms with Crippen LogP contribution in [0, 0.1) is 6.92 Å². The SMILES string of the molecule is CCOC(C)CN1C(=O)C(CC)NC1c1ccc(C)s1. The van der Waals surface area contributed by atoms with Gasteiger partial charge in [0.15, 0.2) is 0 Å². The molecule has 1 aliphatic heterocycles. The van der Waals surface area contributed by atoms with E-state index in [0.717, 1.165) is 6.42 Å². The summed E-state index contributed by atoms with van der Waals surface area (Å²) in [6.07, 6.45) is 0.873. The Morgan fingerprint density at radius 3 is 2.75 bits per heavy atom. The van der Waals surface area contributed by atoms with Gasteiger partial charge < -0.3 is 9.64 Å². The van der Waals surface area contributed by atoms with Gasteiger partial charge in [0.25, 0.3) is 0 Å². The highest BCUT2D eigenvalue weighted by Gasteiger charge is 2.39. The molecule has 2 rings (SSSR count). The maximum atomic E-state index is 12.5. The molecule has 0 aliphatic carbocycles. The summed E-state index contributed by atoms with van der Waals surface area (Å²) in [4.78, 5) is 16.9. The second-order valence-corrected chi connectivity index (χ2v) is 6.55. The molecule has 1 aromatic heterocycles. The summed E-state index contributed by atoms with van der Waals surface area (Å²) in [5, 5.41) is 3.45. The van der Waals surface area contributed by atoms with Gasteiger partial charge in [-0.3, -0.25) is 10.1 Å². The standard InChI is InChI=1S/C15H24N2O2S/c1-5-12-15(18)17(9-10(3)19-6-2)14(16-12)13-8-7-11(4)20-13/h7-8,10,12,14,16H,5-6,9H2,1-4H3. The lowest BCUT2D eigenvalue weighted by Crippen LogP contribution is -2.37. The number of rotatable bonds is 6. The van der Waals surface area contributed by atoms with Crippen molar-refractivity contribution in [1.29, 1.82) is 0 Å². The largest absolute Gasteiger partial charge is 0.377 e. The van der Waals surface area contributed by atoms with Crippen LogP contribution in [0.4, 0.5) is 0 Å². The Labute approximate surface area is 125 Å². The molecule has 1 fully saturated rings. The van der Waals surface area contributed by atoms with E-state index in [-0.39, 0.29) is 24.2 Å². The summed E-state index contributed by atoms with van der Waals surface area (Å²) in [5.74, 6) is 0.190. The third-order valence-corrected chi connectivity index (χ3v) is 4.65. The molecule has 1 N–H and O–H groups in total. The van der Waals surface area contributed by atoms with Crippen molar-refractivity contribution in [3.8, 4) is 0 Å². The van der Waals surface area contributed by atoms with E-state index in [1.165, 1.54) is 9.75 Å². The maximum absolute atomic E-state index is 12.5. The average Bonchev–Trinajstić information content (AvgIpc) is 2.95. The van der Waals surface area contributed by atoms with Crippen LogP contribution in [0.5, 0.6) is 0 Å². The number of ether oxygens (including phenoxy) is 1. The molecule has 0 saturated carbocycles. The van der Waals surface area contributed by atoms with Crippen molar-refractivity contribution < 1.29 is 9.53 Å². The summed E-state index contributed by atoms with van der Waals surface area (Å²) >= 11 is 1.75. The van der Waals surface area contributed by atoms with Crippen molar-refractivity contribution in [2.24, 2.45) is 0 Å². The minimum atomic E-state index is -0.0729. The lowest BCUT2D eigenvalue weighted by atomic mass is 10.2. The smallest absolute Gasteiger partial charge is 0.241 e. The number of nitrogens with zero attached hydrogens (tertiary/aromatic N) is 1. The summed E-state index contributed by atoms with van der Waals surface area (Å²) in [6.45, 7) is 9.45. The summed E-state index contributed by atoms with van der Waals surface area (Å²) in [6, 6.07) is 4.15. The number of hydrogen-bond donors (Lipinski definition) is 1. The molecular formula is C15H24N2O2S. The Morgan fingerprint density at radius 1 is 1.45 bits per heavy atom. The van der Waals surface area contributed by atoms with Crippen LogP contribution in [0.1, 0.15) is 43.1 Å². The number of thiophene rings is 1. The van der Waals surface area contributed by atoms with Crippen molar-refractivity contribution in [1.82, 2.24) is 10.2 Å². The van der Waals surface area contributed by atoms with Crippen LogP contribution in [0.2, 0.25) is 0 Å². The first-order valence-corrected chi connectivity index (χ1v) is 8.12. The monoisotopic (exact) mass is 296 g/mol. The normalized spacial score (nSPS) is 24.4. The summed E-state index contributed by atoms with van der Waals surface area (Å²) < 4.78 is 5.59. The Balaban J connectivity index is 2.17. The van der Waals surface area contributed by atoms with E-state index in [4.69, 9.17) is 4.74 Å². The van der Waals surface area contributed by atoms with Crippen LogP contribution in [-0.2, 0) is 9.53 Å². The first-order chi connectivity index (χ1) is 9.56. The third-order valence-electron chi connectivity index (χ3n) is 3.60.